The van der Waals surface area contributed by atoms with Gasteiger partial charge in [0.2, 0.25) is 0 Å². The third-order valence-electron chi connectivity index (χ3n) is 2.48. The molecule has 1 unspecified atom stereocenters. The Hall–Kier alpha value is -1.17. The highest BCUT2D eigenvalue weighted by Crippen LogP contribution is 2.18. The molecule has 0 aliphatic heterocycles. The molecular formula is C13H11ClO3S2. The molecule has 3 nitrogen and oxygen atoms in total. The summed E-state index contributed by atoms with van der Waals surface area (Å²) >= 11 is 0. The van der Waals surface area contributed by atoms with Crippen LogP contribution in [0.25, 0.3) is 0 Å². The quantitative estimate of drug-likeness (QED) is 0.815. The van der Waals surface area contributed by atoms with E-state index in [0.29, 0.717) is 10.5 Å². The number of hydrogen-bond acceptors (Lipinski definition) is 3. The fraction of sp³-hybridized carbons (Fsp3) is 0.0769. The number of benzene rings is 2. The zero-order valence-corrected chi connectivity index (χ0v) is 12.2. The van der Waals surface area contributed by atoms with Crippen LogP contribution in [0.4, 0.5) is 0 Å². The van der Waals surface area contributed by atoms with Gasteiger partial charge in [0.25, 0.3) is 9.05 Å². The highest BCUT2D eigenvalue weighted by molar-refractivity contribution is 8.13. The Labute approximate surface area is 119 Å². The zero-order chi connectivity index (χ0) is 13.9. The molecule has 2 rings (SSSR count). The predicted molar refractivity (Wildman–Crippen MR) is 76.0 cm³/mol. The van der Waals surface area contributed by atoms with Crippen molar-refractivity contribution >= 4 is 30.5 Å². The van der Waals surface area contributed by atoms with E-state index in [-0.39, 0.29) is 10.6 Å². The molecule has 0 radical (unpaired) electrons. The standard InChI is InChI=1S/C13H11ClO3S2/c14-19(16,17)13-8-4-5-11(9-13)10-18(15)12-6-2-1-3-7-12/h1-9H,10H2. The SMILES string of the molecule is O=S(Cc1cccc(S(=O)(=O)Cl)c1)c1ccccc1. The normalized spacial score (nSPS) is 13.1. The van der Waals surface area contributed by atoms with Gasteiger partial charge in [-0.05, 0) is 29.8 Å². The van der Waals surface area contributed by atoms with Gasteiger partial charge in [-0.15, -0.1) is 0 Å². The monoisotopic (exact) mass is 314 g/mol. The lowest BCUT2D eigenvalue weighted by molar-refractivity contribution is 0.609. The molecule has 0 fully saturated rings. The van der Waals surface area contributed by atoms with Crippen molar-refractivity contribution < 1.29 is 12.6 Å². The van der Waals surface area contributed by atoms with Crippen molar-refractivity contribution in [1.82, 2.24) is 0 Å². The van der Waals surface area contributed by atoms with Gasteiger partial charge in [-0.2, -0.15) is 0 Å². The molecule has 2 aromatic carbocycles. The van der Waals surface area contributed by atoms with Crippen LogP contribution in [0.15, 0.2) is 64.4 Å². The number of hydrogen-bond donors (Lipinski definition) is 0. The first-order valence-electron chi connectivity index (χ1n) is 5.44. The van der Waals surface area contributed by atoms with Gasteiger partial charge in [0.1, 0.15) is 0 Å². The van der Waals surface area contributed by atoms with Crippen LogP contribution >= 0.6 is 10.7 Å². The second-order valence-electron chi connectivity index (χ2n) is 3.89. The van der Waals surface area contributed by atoms with Crippen LogP contribution in [-0.2, 0) is 25.6 Å². The molecule has 0 aromatic heterocycles. The van der Waals surface area contributed by atoms with Gasteiger partial charge in [0.05, 0.1) is 21.4 Å². The van der Waals surface area contributed by atoms with E-state index in [0.717, 1.165) is 0 Å². The molecule has 100 valence electrons. The average molecular weight is 315 g/mol. The first kappa shape index (κ1) is 14.2. The fourth-order valence-corrected chi connectivity index (χ4v) is 3.52. The summed E-state index contributed by atoms with van der Waals surface area (Å²) in [6, 6.07) is 15.2. The Morgan fingerprint density at radius 2 is 1.68 bits per heavy atom. The van der Waals surface area contributed by atoms with Crippen LogP contribution in [0, 0.1) is 0 Å². The number of halogens is 1. The summed E-state index contributed by atoms with van der Waals surface area (Å²) in [6.45, 7) is 0. The molecule has 0 aliphatic carbocycles. The largest absolute Gasteiger partial charge is 0.261 e. The second-order valence-corrected chi connectivity index (χ2v) is 7.91. The summed E-state index contributed by atoms with van der Waals surface area (Å²) in [4.78, 5) is 0.735. The first-order chi connectivity index (χ1) is 8.97. The summed E-state index contributed by atoms with van der Waals surface area (Å²) in [7, 11) is 0.321. The third-order valence-corrected chi connectivity index (χ3v) is 5.23. The van der Waals surface area contributed by atoms with Gasteiger partial charge < -0.3 is 0 Å². The van der Waals surface area contributed by atoms with Crippen LogP contribution in [0.1, 0.15) is 5.56 Å². The van der Waals surface area contributed by atoms with Crippen LogP contribution in [0.5, 0.6) is 0 Å². The van der Waals surface area contributed by atoms with E-state index < -0.39 is 19.9 Å². The van der Waals surface area contributed by atoms with E-state index in [9.17, 15) is 12.6 Å². The molecule has 0 bridgehead atoms. The molecule has 1 atom stereocenters. The predicted octanol–water partition coefficient (Wildman–Crippen LogP) is 2.92. The molecule has 0 N–H and O–H groups in total. The molecule has 0 spiro atoms. The van der Waals surface area contributed by atoms with Crippen LogP contribution in [0.3, 0.4) is 0 Å². The maximum atomic E-state index is 12.1. The van der Waals surface area contributed by atoms with Crippen molar-refractivity contribution in [2.24, 2.45) is 0 Å². The molecule has 19 heavy (non-hydrogen) atoms. The van der Waals surface area contributed by atoms with Gasteiger partial charge in [0.15, 0.2) is 0 Å². The first-order valence-corrected chi connectivity index (χ1v) is 9.07. The van der Waals surface area contributed by atoms with Gasteiger partial charge in [-0.25, -0.2) is 8.42 Å². The van der Waals surface area contributed by atoms with E-state index in [1.54, 1.807) is 24.3 Å². The fourth-order valence-electron chi connectivity index (χ4n) is 1.59. The van der Waals surface area contributed by atoms with Crippen LogP contribution in [-0.4, -0.2) is 12.6 Å². The highest BCUT2D eigenvalue weighted by Gasteiger charge is 2.11. The smallest absolute Gasteiger partial charge is 0.254 e. The van der Waals surface area contributed by atoms with E-state index in [2.05, 4.69) is 0 Å². The Kier molecular flexibility index (Phi) is 4.39. The van der Waals surface area contributed by atoms with Crippen molar-refractivity contribution in [2.75, 3.05) is 0 Å². The van der Waals surface area contributed by atoms with Crippen LogP contribution in [0.2, 0.25) is 0 Å². The van der Waals surface area contributed by atoms with E-state index >= 15 is 0 Å². The summed E-state index contributed by atoms with van der Waals surface area (Å²) in [5, 5.41) is 0. The summed E-state index contributed by atoms with van der Waals surface area (Å²) in [5.74, 6) is 0.254. The van der Waals surface area contributed by atoms with Crippen LogP contribution < -0.4 is 0 Å². The highest BCUT2D eigenvalue weighted by atomic mass is 35.7. The summed E-state index contributed by atoms with van der Waals surface area (Å²) in [5.41, 5.74) is 0.670. The summed E-state index contributed by atoms with van der Waals surface area (Å²) < 4.78 is 34.6. The lowest BCUT2D eigenvalue weighted by Gasteiger charge is -2.04. The Morgan fingerprint density at radius 1 is 1.00 bits per heavy atom. The Morgan fingerprint density at radius 3 is 2.32 bits per heavy atom. The topological polar surface area (TPSA) is 51.2 Å². The van der Waals surface area contributed by atoms with Crippen molar-refractivity contribution in [3.63, 3.8) is 0 Å². The summed E-state index contributed by atoms with van der Waals surface area (Å²) in [6.07, 6.45) is 0. The molecule has 0 heterocycles. The Bertz CT molecular complexity index is 697. The molecule has 2 aromatic rings. The lowest BCUT2D eigenvalue weighted by atomic mass is 10.2. The second kappa shape index (κ2) is 5.86. The van der Waals surface area contributed by atoms with Crippen molar-refractivity contribution in [3.05, 3.63) is 60.2 Å². The molecule has 0 saturated carbocycles. The van der Waals surface area contributed by atoms with Gasteiger partial charge in [-0.3, -0.25) is 4.21 Å². The van der Waals surface area contributed by atoms with E-state index in [1.165, 1.54) is 12.1 Å². The molecule has 0 aliphatic rings. The van der Waals surface area contributed by atoms with Crippen molar-refractivity contribution in [1.29, 1.82) is 0 Å². The minimum absolute atomic E-state index is 0.0247. The minimum Gasteiger partial charge on any atom is -0.254 e. The van der Waals surface area contributed by atoms with Gasteiger partial charge in [0, 0.05) is 15.6 Å². The van der Waals surface area contributed by atoms with Crippen molar-refractivity contribution in [2.45, 2.75) is 15.5 Å². The van der Waals surface area contributed by atoms with Gasteiger partial charge >= 0.3 is 0 Å². The zero-order valence-electron chi connectivity index (χ0n) is 9.82. The maximum Gasteiger partial charge on any atom is 0.261 e. The average Bonchev–Trinajstić information content (AvgIpc) is 2.39. The van der Waals surface area contributed by atoms with E-state index in [1.807, 2.05) is 18.2 Å². The van der Waals surface area contributed by atoms with Crippen molar-refractivity contribution in [3.8, 4) is 0 Å². The Balaban J connectivity index is 2.23. The lowest BCUT2D eigenvalue weighted by Crippen LogP contribution is -1.98. The third kappa shape index (κ3) is 3.89. The van der Waals surface area contributed by atoms with E-state index in [4.69, 9.17) is 10.7 Å². The minimum atomic E-state index is -3.75. The molecule has 0 saturated heterocycles. The molecule has 6 heteroatoms. The maximum absolute atomic E-state index is 12.1. The van der Waals surface area contributed by atoms with Gasteiger partial charge in [-0.1, -0.05) is 30.3 Å². The molecule has 0 amide bonds. The molecular weight excluding hydrogens is 304 g/mol. The number of rotatable bonds is 4.